The van der Waals surface area contributed by atoms with Crippen molar-refractivity contribution in [3.05, 3.63) is 21.4 Å². The molecule has 0 N–H and O–H groups in total. The summed E-state index contributed by atoms with van der Waals surface area (Å²) in [6.07, 6.45) is 11.1. The molecule has 0 radical (unpaired) electrons. The van der Waals surface area contributed by atoms with Crippen molar-refractivity contribution in [3.8, 4) is 12.3 Å². The van der Waals surface area contributed by atoms with E-state index in [1.165, 1.54) is 29.7 Å². The van der Waals surface area contributed by atoms with Crippen LogP contribution in [0.5, 0.6) is 0 Å². The highest BCUT2D eigenvalue weighted by atomic mass is 32.1. The zero-order valence-electron chi connectivity index (χ0n) is 8.01. The number of carbonyl (C=O) groups excluding carboxylic acids is 1. The monoisotopic (exact) mass is 204 g/mol. The maximum Gasteiger partial charge on any atom is 0.245 e. The van der Waals surface area contributed by atoms with Crippen LogP contribution in [0.4, 0.5) is 0 Å². The summed E-state index contributed by atoms with van der Waals surface area (Å²) in [5.74, 6) is 2.01. The third-order valence-corrected chi connectivity index (χ3v) is 3.84. The van der Waals surface area contributed by atoms with Crippen LogP contribution in [0, 0.1) is 12.3 Å². The van der Waals surface area contributed by atoms with E-state index in [9.17, 15) is 4.79 Å². The van der Waals surface area contributed by atoms with E-state index >= 15 is 0 Å². The maximum absolute atomic E-state index is 11.3. The van der Waals surface area contributed by atoms with Gasteiger partial charge >= 0.3 is 0 Å². The van der Waals surface area contributed by atoms with Gasteiger partial charge in [0.1, 0.15) is 0 Å². The fourth-order valence-electron chi connectivity index (χ4n) is 1.85. The number of Topliss-reactive ketones (excluding diaryl/α,β-unsaturated/α-hetero) is 1. The van der Waals surface area contributed by atoms with Crippen LogP contribution in [0.1, 0.15) is 39.4 Å². The van der Waals surface area contributed by atoms with Crippen molar-refractivity contribution in [2.45, 2.75) is 32.1 Å². The lowest BCUT2D eigenvalue weighted by Gasteiger charge is -1.92. The average Bonchev–Trinajstić information content (AvgIpc) is 2.49. The highest BCUT2D eigenvalue weighted by Crippen LogP contribution is 2.28. The number of thiophene rings is 1. The first-order valence-electron chi connectivity index (χ1n) is 4.94. The molecule has 0 bridgehead atoms. The van der Waals surface area contributed by atoms with Crippen LogP contribution < -0.4 is 0 Å². The van der Waals surface area contributed by atoms with Gasteiger partial charge in [-0.05, 0) is 43.2 Å². The summed E-state index contributed by atoms with van der Waals surface area (Å²) in [6, 6.07) is 1.99. The smallest absolute Gasteiger partial charge is 0.245 e. The summed E-state index contributed by atoms with van der Waals surface area (Å²) in [7, 11) is 0. The first-order chi connectivity index (χ1) is 6.81. The molecule has 1 aliphatic rings. The van der Waals surface area contributed by atoms with E-state index in [2.05, 4.69) is 5.92 Å². The number of hydrogen-bond donors (Lipinski definition) is 0. The molecule has 2 heteroatoms. The fourth-order valence-corrected chi connectivity index (χ4v) is 3.01. The summed E-state index contributed by atoms with van der Waals surface area (Å²) in [5.41, 5.74) is 1.35. The van der Waals surface area contributed by atoms with Crippen molar-refractivity contribution < 1.29 is 4.79 Å². The quantitative estimate of drug-likeness (QED) is 0.297. The number of ketones is 1. The highest BCUT2D eigenvalue weighted by molar-refractivity contribution is 7.14. The van der Waals surface area contributed by atoms with E-state index < -0.39 is 0 Å². The molecule has 2 rings (SSSR count). The number of carbonyl (C=O) groups is 1. The van der Waals surface area contributed by atoms with Crippen LogP contribution in [-0.2, 0) is 12.8 Å². The number of aryl methyl sites for hydroxylation is 2. The molecule has 0 saturated carbocycles. The Balaban J connectivity index is 2.32. The minimum absolute atomic E-state index is 0.164. The Hall–Kier alpha value is -1.07. The van der Waals surface area contributed by atoms with Gasteiger partial charge in [-0.15, -0.1) is 17.8 Å². The zero-order chi connectivity index (χ0) is 9.97. The van der Waals surface area contributed by atoms with Crippen LogP contribution in [0.3, 0.4) is 0 Å². The Labute approximate surface area is 88.1 Å². The molecular weight excluding hydrogens is 192 g/mol. The van der Waals surface area contributed by atoms with Crippen molar-refractivity contribution in [2.24, 2.45) is 0 Å². The molecule has 72 valence electrons. The van der Waals surface area contributed by atoms with Gasteiger partial charge in [0.25, 0.3) is 0 Å². The normalized spacial score (nSPS) is 15.4. The van der Waals surface area contributed by atoms with Gasteiger partial charge in [0.15, 0.2) is 0 Å². The standard InChI is InChI=1S/C12H12OS/c1-2-10(13)12-8-9-6-4-3-5-7-11(9)14-12/h1,8H,3-7H2. The highest BCUT2D eigenvalue weighted by Gasteiger charge is 2.14. The van der Waals surface area contributed by atoms with E-state index in [0.717, 1.165) is 17.7 Å². The van der Waals surface area contributed by atoms with Gasteiger partial charge in [-0.3, -0.25) is 4.79 Å². The first kappa shape index (κ1) is 9.48. The molecule has 1 heterocycles. The van der Waals surface area contributed by atoms with Crippen molar-refractivity contribution in [1.29, 1.82) is 0 Å². The Bertz CT molecular complexity index is 371. The Morgan fingerprint density at radius 3 is 2.93 bits per heavy atom. The van der Waals surface area contributed by atoms with Crippen molar-refractivity contribution >= 4 is 17.1 Å². The summed E-state index contributed by atoms with van der Waals surface area (Å²) in [6.45, 7) is 0. The topological polar surface area (TPSA) is 17.1 Å². The van der Waals surface area contributed by atoms with Gasteiger partial charge in [0, 0.05) is 4.88 Å². The van der Waals surface area contributed by atoms with Crippen molar-refractivity contribution in [3.63, 3.8) is 0 Å². The molecule has 0 unspecified atom stereocenters. The minimum atomic E-state index is -0.164. The molecule has 1 aliphatic carbocycles. The van der Waals surface area contributed by atoms with Crippen LogP contribution in [0.15, 0.2) is 6.07 Å². The average molecular weight is 204 g/mol. The molecule has 0 aliphatic heterocycles. The molecule has 1 aromatic rings. The van der Waals surface area contributed by atoms with E-state index in [-0.39, 0.29) is 5.78 Å². The molecule has 1 aromatic heterocycles. The molecule has 0 spiro atoms. The van der Waals surface area contributed by atoms with Crippen molar-refractivity contribution in [1.82, 2.24) is 0 Å². The first-order valence-corrected chi connectivity index (χ1v) is 5.75. The number of rotatable bonds is 1. The third kappa shape index (κ3) is 1.73. The van der Waals surface area contributed by atoms with Crippen molar-refractivity contribution in [2.75, 3.05) is 0 Å². The summed E-state index contributed by atoms with van der Waals surface area (Å²) < 4.78 is 0. The molecule has 0 atom stereocenters. The predicted octanol–water partition coefficient (Wildman–Crippen LogP) is 2.83. The lowest BCUT2D eigenvalue weighted by atomic mass is 10.1. The molecule has 0 saturated heterocycles. The van der Waals surface area contributed by atoms with Gasteiger partial charge < -0.3 is 0 Å². The van der Waals surface area contributed by atoms with Gasteiger partial charge in [-0.25, -0.2) is 0 Å². The second-order valence-corrected chi connectivity index (χ2v) is 4.73. The summed E-state index contributed by atoms with van der Waals surface area (Å²) in [5, 5.41) is 0. The van der Waals surface area contributed by atoms with Gasteiger partial charge in [0.05, 0.1) is 4.88 Å². The van der Waals surface area contributed by atoms with Crippen LogP contribution in [0.25, 0.3) is 0 Å². The SMILES string of the molecule is C#CC(=O)c1cc2c(s1)CCCCC2. The van der Waals surface area contributed by atoms with Crippen LogP contribution in [0.2, 0.25) is 0 Å². The second-order valence-electron chi connectivity index (χ2n) is 3.59. The minimum Gasteiger partial charge on any atom is -0.278 e. The maximum atomic E-state index is 11.3. The van der Waals surface area contributed by atoms with E-state index in [0.29, 0.717) is 0 Å². The molecular formula is C12H12OS. The molecule has 1 nitrogen and oxygen atoms in total. The largest absolute Gasteiger partial charge is 0.278 e. The third-order valence-electron chi connectivity index (χ3n) is 2.60. The Kier molecular flexibility index (Phi) is 2.69. The van der Waals surface area contributed by atoms with Crippen LogP contribution in [-0.4, -0.2) is 5.78 Å². The Morgan fingerprint density at radius 2 is 2.14 bits per heavy atom. The van der Waals surface area contributed by atoms with E-state index in [1.807, 2.05) is 6.07 Å². The zero-order valence-corrected chi connectivity index (χ0v) is 8.82. The lowest BCUT2D eigenvalue weighted by Crippen LogP contribution is -1.89. The molecule has 0 fully saturated rings. The van der Waals surface area contributed by atoms with Crippen LogP contribution >= 0.6 is 11.3 Å². The van der Waals surface area contributed by atoms with E-state index in [4.69, 9.17) is 6.42 Å². The van der Waals surface area contributed by atoms with Gasteiger partial charge in [0.2, 0.25) is 5.78 Å². The Morgan fingerprint density at radius 1 is 1.36 bits per heavy atom. The van der Waals surface area contributed by atoms with Gasteiger partial charge in [-0.1, -0.05) is 6.42 Å². The number of fused-ring (bicyclic) bond motifs is 1. The van der Waals surface area contributed by atoms with Gasteiger partial charge in [-0.2, -0.15) is 0 Å². The number of hydrogen-bond acceptors (Lipinski definition) is 2. The summed E-state index contributed by atoms with van der Waals surface area (Å²) in [4.78, 5) is 13.4. The lowest BCUT2D eigenvalue weighted by molar-refractivity contribution is 0.106. The molecule has 0 amide bonds. The second kappa shape index (κ2) is 3.98. The fraction of sp³-hybridized carbons (Fsp3) is 0.417. The molecule has 0 aromatic carbocycles. The predicted molar refractivity (Wildman–Crippen MR) is 58.7 cm³/mol. The molecule has 14 heavy (non-hydrogen) atoms. The number of terminal acetylenes is 1. The van der Waals surface area contributed by atoms with E-state index in [1.54, 1.807) is 11.3 Å². The summed E-state index contributed by atoms with van der Waals surface area (Å²) >= 11 is 1.59.